The number of aromatic nitrogens is 2. The average Bonchev–Trinajstić information content (AvgIpc) is 3.66. The van der Waals surface area contributed by atoms with Gasteiger partial charge in [0.15, 0.2) is 0 Å². The highest BCUT2D eigenvalue weighted by molar-refractivity contribution is 7.90. The number of nitrogens with zero attached hydrogens (tertiary/aromatic N) is 6. The summed E-state index contributed by atoms with van der Waals surface area (Å²) in [6.07, 6.45) is 5.16. The van der Waals surface area contributed by atoms with Gasteiger partial charge >= 0.3 is 7.60 Å². The first-order valence-electron chi connectivity index (χ1n) is 22.6. The minimum absolute atomic E-state index is 0.0346. The molecule has 68 heavy (non-hydrogen) atoms. The summed E-state index contributed by atoms with van der Waals surface area (Å²) in [5.74, 6) is -0.565. The predicted molar refractivity (Wildman–Crippen MR) is 265 cm³/mol. The van der Waals surface area contributed by atoms with Crippen molar-refractivity contribution in [3.05, 3.63) is 111 Å². The van der Waals surface area contributed by atoms with Crippen LogP contribution in [0.5, 0.6) is 5.88 Å². The second kappa shape index (κ2) is 20.2. The third-order valence-corrected chi connectivity index (χ3v) is 15.2. The first-order chi connectivity index (χ1) is 32.3. The van der Waals surface area contributed by atoms with Gasteiger partial charge in [0.2, 0.25) is 5.88 Å². The van der Waals surface area contributed by atoms with Crippen molar-refractivity contribution < 1.29 is 37.2 Å². The number of carbonyl (C=O) groups excluding carboxylic acids is 1. The molecule has 0 saturated carbocycles. The number of ether oxygens (including phenoxy) is 1. The highest BCUT2D eigenvalue weighted by atomic mass is 35.5. The monoisotopic (exact) mass is 989 g/mol. The summed E-state index contributed by atoms with van der Waals surface area (Å²) in [6.45, 7) is 9.92. The van der Waals surface area contributed by atoms with Crippen LogP contribution in [0.4, 0.5) is 28.4 Å². The van der Waals surface area contributed by atoms with Crippen molar-refractivity contribution in [2.24, 2.45) is 5.41 Å². The normalized spacial score (nSPS) is 16.9. The Morgan fingerprint density at radius 2 is 1.78 bits per heavy atom. The number of benzene rings is 3. The van der Waals surface area contributed by atoms with Crippen LogP contribution < -0.4 is 24.6 Å². The van der Waals surface area contributed by atoms with E-state index in [0.717, 1.165) is 74.1 Å². The van der Waals surface area contributed by atoms with Crippen LogP contribution in [0.3, 0.4) is 0 Å². The number of nitro benzene ring substituents is 1. The maximum atomic E-state index is 14.4. The van der Waals surface area contributed by atoms with E-state index < -0.39 is 39.0 Å². The van der Waals surface area contributed by atoms with Crippen LogP contribution in [0.2, 0.25) is 5.02 Å². The number of likely N-dealkylation sites (N-methyl/N-ethyl adjacent to an activating group) is 1. The second-order valence-corrected chi connectivity index (χ2v) is 22.4. The van der Waals surface area contributed by atoms with E-state index in [2.05, 4.69) is 50.8 Å². The number of nitrogens with one attached hydrogen (secondary N) is 3. The number of aromatic amines is 1. The number of nitro groups is 1. The van der Waals surface area contributed by atoms with E-state index in [4.69, 9.17) is 21.3 Å². The number of rotatable bonds is 16. The minimum Gasteiger partial charge on any atom is -0.476 e. The summed E-state index contributed by atoms with van der Waals surface area (Å²) in [6, 6.07) is 20.6. The predicted octanol–water partition coefficient (Wildman–Crippen LogP) is 7.47. The lowest BCUT2D eigenvalue weighted by Gasteiger charge is -2.39. The van der Waals surface area contributed by atoms with Crippen LogP contribution in [-0.4, -0.2) is 128 Å². The molecule has 362 valence electrons. The zero-order valence-corrected chi connectivity index (χ0v) is 40.7. The number of halogens is 1. The number of anilines is 4. The summed E-state index contributed by atoms with van der Waals surface area (Å²) in [5.41, 5.74) is 6.40. The molecule has 1 amide bonds. The van der Waals surface area contributed by atoms with Gasteiger partial charge in [-0.05, 0) is 104 Å². The molecule has 3 aromatic carbocycles. The molecule has 2 aliphatic heterocycles. The van der Waals surface area contributed by atoms with E-state index >= 15 is 0 Å². The lowest BCUT2D eigenvalue weighted by atomic mass is 9.72. The summed E-state index contributed by atoms with van der Waals surface area (Å²) in [5, 5.41) is 16.6. The van der Waals surface area contributed by atoms with Gasteiger partial charge in [-0.15, -0.1) is 0 Å². The summed E-state index contributed by atoms with van der Waals surface area (Å²) < 4.78 is 47.4. The number of carbonyl (C=O) groups is 1. The first kappa shape index (κ1) is 48.9. The van der Waals surface area contributed by atoms with E-state index in [1.165, 1.54) is 28.8 Å². The topological polar surface area (TPSA) is 227 Å². The third-order valence-electron chi connectivity index (χ3n) is 12.9. The van der Waals surface area contributed by atoms with Gasteiger partial charge in [0.1, 0.15) is 17.0 Å². The fourth-order valence-electron chi connectivity index (χ4n) is 9.05. The Labute approximate surface area is 400 Å². The lowest BCUT2D eigenvalue weighted by molar-refractivity contribution is -0.384. The number of amides is 1. The summed E-state index contributed by atoms with van der Waals surface area (Å²) in [4.78, 5) is 59.9. The number of sulfonamides is 1. The second-order valence-electron chi connectivity index (χ2n) is 18.5. The van der Waals surface area contributed by atoms with Crippen molar-refractivity contribution >= 4 is 80.2 Å². The van der Waals surface area contributed by atoms with Gasteiger partial charge in [0.25, 0.3) is 21.6 Å². The molecular weight excluding hydrogens is 933 g/mol. The molecule has 0 atom stereocenters. The zero-order valence-electron chi connectivity index (χ0n) is 38.3. The Balaban J connectivity index is 1.04. The Kier molecular flexibility index (Phi) is 14.5. The van der Waals surface area contributed by atoms with Gasteiger partial charge in [-0.2, -0.15) is 4.98 Å². The highest BCUT2D eigenvalue weighted by Gasteiger charge is 2.32. The molecule has 18 nitrogen and oxygen atoms in total. The largest absolute Gasteiger partial charge is 0.476 e. The fourth-order valence-corrected chi connectivity index (χ4v) is 10.8. The molecule has 2 aromatic heterocycles. The van der Waals surface area contributed by atoms with Crippen molar-refractivity contribution in [1.29, 1.82) is 0 Å². The Bertz CT molecular complexity index is 2880. The van der Waals surface area contributed by atoms with Crippen molar-refractivity contribution in [3.63, 3.8) is 0 Å². The molecule has 1 aliphatic carbocycles. The number of hydrogen-bond acceptors (Lipinski definition) is 13. The molecule has 0 spiro atoms. The maximum absolute atomic E-state index is 14.4. The number of pyridine rings is 1. The minimum atomic E-state index is -4.65. The molecule has 0 unspecified atom stereocenters. The van der Waals surface area contributed by atoms with Gasteiger partial charge in [-0.25, -0.2) is 13.1 Å². The number of fused-ring (bicyclic) bond motifs is 2. The lowest BCUT2D eigenvalue weighted by Crippen LogP contribution is -2.47. The summed E-state index contributed by atoms with van der Waals surface area (Å²) >= 11 is 6.27. The number of H-pyrrole nitrogens is 1. The standard InChI is InChI=1S/C47H57ClN9O9PS/c1-47(2)15-13-34(39(30-47)32-5-7-35(48)8-6-32)31-54-20-22-55(23-21-54)36-9-11-38(41(28-36)56-18-4-25-66-46-43(56)27-33-14-16-50-44(33)51-46)45(58)52-68(64,65)37-10-12-40(42(29-37)57(59)60)49-17-19-53(3)24-26-67(61,62)63/h5-12,14,16,27-29,49H,4,13,15,17-26,30-31H2,1-3H3,(H,50,51)(H,52,58)(H2,61,62,63). The van der Waals surface area contributed by atoms with Crippen LogP contribution in [0.15, 0.2) is 89.5 Å². The molecule has 5 N–H and O–H groups in total. The number of allylic oxidation sites excluding steroid dienone is 1. The van der Waals surface area contributed by atoms with Gasteiger partial charge < -0.3 is 39.5 Å². The zero-order chi connectivity index (χ0) is 48.4. The van der Waals surface area contributed by atoms with E-state index in [-0.39, 0.29) is 42.5 Å². The van der Waals surface area contributed by atoms with Crippen molar-refractivity contribution in [3.8, 4) is 5.88 Å². The first-order valence-corrected chi connectivity index (χ1v) is 26.3. The molecule has 1 saturated heterocycles. The van der Waals surface area contributed by atoms with Crippen LogP contribution >= 0.6 is 19.2 Å². The smallest absolute Gasteiger partial charge is 0.326 e. The van der Waals surface area contributed by atoms with Crippen LogP contribution in [-0.2, 0) is 14.6 Å². The molecule has 0 radical (unpaired) electrons. The van der Waals surface area contributed by atoms with Gasteiger partial charge in [-0.1, -0.05) is 43.2 Å². The molecule has 3 aliphatic rings. The third kappa shape index (κ3) is 11.7. The van der Waals surface area contributed by atoms with Crippen molar-refractivity contribution in [2.75, 3.05) is 93.8 Å². The molecule has 1 fully saturated rings. The number of piperazine rings is 1. The van der Waals surface area contributed by atoms with Crippen LogP contribution in [0.25, 0.3) is 16.6 Å². The van der Waals surface area contributed by atoms with E-state index in [1.807, 2.05) is 41.3 Å². The molecule has 4 heterocycles. The fraction of sp³-hybridized carbons (Fsp3) is 0.404. The molecular formula is C47H57ClN9O9PS. The van der Waals surface area contributed by atoms with Crippen molar-refractivity contribution in [2.45, 2.75) is 44.4 Å². The average molecular weight is 991 g/mol. The van der Waals surface area contributed by atoms with E-state index in [1.54, 1.807) is 24.2 Å². The highest BCUT2D eigenvalue weighted by Crippen LogP contribution is 2.44. The molecule has 0 bridgehead atoms. The van der Waals surface area contributed by atoms with Gasteiger partial charge in [-0.3, -0.25) is 24.4 Å². The van der Waals surface area contributed by atoms with E-state index in [0.29, 0.717) is 42.5 Å². The molecule has 5 aromatic rings. The Hall–Kier alpha value is -5.53. The summed E-state index contributed by atoms with van der Waals surface area (Å²) in [7, 11) is -7.20. The quantitative estimate of drug-likeness (QED) is 0.0367. The van der Waals surface area contributed by atoms with Gasteiger partial charge in [0, 0.05) is 87.3 Å². The Morgan fingerprint density at radius 1 is 1.01 bits per heavy atom. The number of hydrogen-bond donors (Lipinski definition) is 5. The van der Waals surface area contributed by atoms with Crippen LogP contribution in [0, 0.1) is 15.5 Å². The Morgan fingerprint density at radius 3 is 2.51 bits per heavy atom. The molecule has 8 rings (SSSR count). The molecule has 21 heteroatoms. The van der Waals surface area contributed by atoms with Gasteiger partial charge in [0.05, 0.1) is 33.8 Å². The van der Waals surface area contributed by atoms with E-state index in [9.17, 15) is 37.7 Å². The van der Waals surface area contributed by atoms with Crippen molar-refractivity contribution in [1.82, 2.24) is 24.5 Å². The SMILES string of the molecule is CN(CCNc1ccc(S(=O)(=O)NC(=O)c2ccc(N3CCN(CC4=C(c5ccc(Cl)cc5)CC(C)(C)CC4)CC3)cc2N2CCCOc3nc4[nH]ccc4cc32)cc1[N+](=O)[O-])CCP(=O)(O)O. The van der Waals surface area contributed by atoms with Crippen LogP contribution in [0.1, 0.15) is 55.5 Å². The maximum Gasteiger partial charge on any atom is 0.326 e.